The van der Waals surface area contributed by atoms with Crippen molar-refractivity contribution in [2.24, 2.45) is 0 Å². The summed E-state index contributed by atoms with van der Waals surface area (Å²) in [6.07, 6.45) is 0. The van der Waals surface area contributed by atoms with Crippen molar-refractivity contribution in [3.8, 4) is 16.4 Å². The summed E-state index contributed by atoms with van der Waals surface area (Å²) < 4.78 is 7.17. The van der Waals surface area contributed by atoms with Gasteiger partial charge in [0.2, 0.25) is 0 Å². The summed E-state index contributed by atoms with van der Waals surface area (Å²) in [6, 6.07) is 13.0. The molecule has 2 aromatic heterocycles. The van der Waals surface area contributed by atoms with Gasteiger partial charge in [0, 0.05) is 17.1 Å². The minimum absolute atomic E-state index is 0.260. The van der Waals surface area contributed by atoms with Gasteiger partial charge in [-0.3, -0.25) is 4.57 Å². The third-order valence-corrected chi connectivity index (χ3v) is 6.42. The van der Waals surface area contributed by atoms with Crippen LogP contribution in [0.15, 0.2) is 64.3 Å². The molecule has 0 spiro atoms. The van der Waals surface area contributed by atoms with Crippen molar-refractivity contribution < 1.29 is 14.3 Å². The Morgan fingerprint density at radius 2 is 2.03 bits per heavy atom. The monoisotopic (exact) mass is 455 g/mol. The largest absolute Gasteiger partial charge is 0.463 e. The van der Waals surface area contributed by atoms with E-state index in [1.807, 2.05) is 52.4 Å². The van der Waals surface area contributed by atoms with E-state index in [2.05, 4.69) is 20.8 Å². The molecule has 0 fully saturated rings. The van der Waals surface area contributed by atoms with E-state index in [1.54, 1.807) is 25.2 Å². The highest BCUT2D eigenvalue weighted by Gasteiger charge is 2.30. The molecule has 10 heteroatoms. The van der Waals surface area contributed by atoms with Crippen LogP contribution in [0.1, 0.15) is 13.8 Å². The molecule has 2 amide bonds. The van der Waals surface area contributed by atoms with Crippen molar-refractivity contribution in [1.82, 2.24) is 25.4 Å². The fourth-order valence-corrected chi connectivity index (χ4v) is 4.89. The number of thioether (sulfide) groups is 1. The second kappa shape index (κ2) is 9.36. The minimum atomic E-state index is -0.447. The lowest BCUT2D eigenvalue weighted by Crippen LogP contribution is -2.49. The molecule has 0 bridgehead atoms. The zero-order valence-corrected chi connectivity index (χ0v) is 18.6. The van der Waals surface area contributed by atoms with Crippen molar-refractivity contribution in [2.75, 3.05) is 12.4 Å². The van der Waals surface area contributed by atoms with Crippen molar-refractivity contribution in [1.29, 1.82) is 0 Å². The molecular weight excluding hydrogens is 434 g/mol. The molecule has 8 nitrogen and oxygen atoms in total. The molecular formula is C21H21N5O3S2. The molecule has 0 unspecified atom stereocenters. The molecule has 0 radical (unpaired) electrons. The number of esters is 1. The molecule has 2 N–H and O–H groups in total. The van der Waals surface area contributed by atoms with Crippen LogP contribution in [0.4, 0.5) is 4.79 Å². The van der Waals surface area contributed by atoms with Crippen LogP contribution >= 0.6 is 23.1 Å². The molecule has 1 aliphatic heterocycles. The number of carbonyl (C=O) groups is 2. The third-order valence-electron chi connectivity index (χ3n) is 4.60. The van der Waals surface area contributed by atoms with E-state index >= 15 is 0 Å². The molecule has 160 valence electrons. The summed E-state index contributed by atoms with van der Waals surface area (Å²) in [6.45, 7) is 3.77. The van der Waals surface area contributed by atoms with Gasteiger partial charge in [0.1, 0.15) is 0 Å². The normalized spacial score (nSPS) is 16.1. The number of rotatable bonds is 7. The van der Waals surface area contributed by atoms with Gasteiger partial charge in [0.15, 0.2) is 11.0 Å². The van der Waals surface area contributed by atoms with E-state index in [4.69, 9.17) is 4.74 Å². The van der Waals surface area contributed by atoms with Gasteiger partial charge in [-0.05, 0) is 37.4 Å². The van der Waals surface area contributed by atoms with Crippen molar-refractivity contribution in [3.05, 3.63) is 59.1 Å². The molecule has 0 saturated heterocycles. The van der Waals surface area contributed by atoms with Crippen molar-refractivity contribution in [2.45, 2.75) is 25.0 Å². The van der Waals surface area contributed by atoms with Gasteiger partial charge in [-0.15, -0.1) is 21.5 Å². The Bertz CT molecular complexity index is 1110. The number of nitrogens with zero attached hydrogens (tertiary/aromatic N) is 3. The highest BCUT2D eigenvalue weighted by Crippen LogP contribution is 2.31. The Morgan fingerprint density at radius 3 is 2.74 bits per heavy atom. The number of thiophene rings is 1. The van der Waals surface area contributed by atoms with Gasteiger partial charge >= 0.3 is 12.0 Å². The lowest BCUT2D eigenvalue weighted by molar-refractivity contribution is -0.138. The number of aromatic nitrogens is 3. The quantitative estimate of drug-likeness (QED) is 0.417. The second-order valence-corrected chi connectivity index (χ2v) is 8.57. The van der Waals surface area contributed by atoms with Crippen LogP contribution in [-0.4, -0.2) is 45.2 Å². The van der Waals surface area contributed by atoms with Gasteiger partial charge in [-0.25, -0.2) is 9.59 Å². The smallest absolute Gasteiger partial charge is 0.337 e. The van der Waals surface area contributed by atoms with E-state index in [0.717, 1.165) is 16.4 Å². The molecule has 3 aromatic rings. The fourth-order valence-electron chi connectivity index (χ4n) is 3.27. The highest BCUT2D eigenvalue weighted by atomic mass is 32.2. The van der Waals surface area contributed by atoms with Gasteiger partial charge in [0.25, 0.3) is 0 Å². The number of ether oxygens (including phenoxy) is 1. The summed E-state index contributed by atoms with van der Waals surface area (Å²) in [4.78, 5) is 25.5. The molecule has 0 saturated carbocycles. The molecule has 31 heavy (non-hydrogen) atoms. The maximum absolute atomic E-state index is 12.5. The first kappa shape index (κ1) is 21.1. The molecule has 3 heterocycles. The van der Waals surface area contributed by atoms with Gasteiger partial charge in [0.05, 0.1) is 23.1 Å². The number of benzene rings is 1. The van der Waals surface area contributed by atoms with Crippen LogP contribution in [-0.2, 0) is 9.53 Å². The Hall–Kier alpha value is -3.11. The van der Waals surface area contributed by atoms with Crippen LogP contribution in [0.3, 0.4) is 0 Å². The topological polar surface area (TPSA) is 98.1 Å². The number of urea groups is 1. The van der Waals surface area contributed by atoms with Crippen LogP contribution in [0.2, 0.25) is 0 Å². The van der Waals surface area contributed by atoms with Crippen LogP contribution in [0.25, 0.3) is 16.4 Å². The maximum Gasteiger partial charge on any atom is 0.337 e. The predicted molar refractivity (Wildman–Crippen MR) is 120 cm³/mol. The van der Waals surface area contributed by atoms with Crippen LogP contribution in [0, 0.1) is 0 Å². The van der Waals surface area contributed by atoms with E-state index < -0.39 is 12.0 Å². The van der Waals surface area contributed by atoms with Crippen LogP contribution in [0.5, 0.6) is 0 Å². The Kier molecular flexibility index (Phi) is 6.38. The third kappa shape index (κ3) is 4.49. The lowest BCUT2D eigenvalue weighted by atomic mass is 10.1. The maximum atomic E-state index is 12.5. The van der Waals surface area contributed by atoms with Gasteiger partial charge < -0.3 is 15.4 Å². The average Bonchev–Trinajstić information content (AvgIpc) is 3.42. The number of hydrogen-bond acceptors (Lipinski definition) is 7. The number of amides is 2. The SMILES string of the molecule is CCOC(=O)C1=C(CSc2nnc(-c3cccs3)n2-c2ccccc2)NC(=O)N[C@H]1C. The summed E-state index contributed by atoms with van der Waals surface area (Å²) in [5.41, 5.74) is 1.86. The molecule has 1 aliphatic rings. The number of hydrogen-bond donors (Lipinski definition) is 2. The van der Waals surface area contributed by atoms with Crippen LogP contribution < -0.4 is 10.6 Å². The summed E-state index contributed by atoms with van der Waals surface area (Å²) in [5.74, 6) is 0.634. The standard InChI is InChI=1S/C21H21N5O3S2/c1-3-29-19(27)17-13(2)22-20(28)23-15(17)12-31-21-25-24-18(16-10-7-11-30-16)26(21)14-8-5-4-6-9-14/h4-11,13H,3,12H2,1-2H3,(H2,22,23,28)/t13-/m0/s1. The van der Waals surface area contributed by atoms with Gasteiger partial charge in [-0.2, -0.15) is 0 Å². The molecule has 1 aromatic carbocycles. The Morgan fingerprint density at radius 1 is 1.23 bits per heavy atom. The van der Waals surface area contributed by atoms with Gasteiger partial charge in [-0.1, -0.05) is 36.0 Å². The first-order valence-electron chi connectivity index (χ1n) is 9.73. The molecule has 0 aliphatic carbocycles. The zero-order valence-electron chi connectivity index (χ0n) is 17.0. The van der Waals surface area contributed by atoms with E-state index in [-0.39, 0.29) is 12.6 Å². The Balaban J connectivity index is 1.69. The lowest BCUT2D eigenvalue weighted by Gasteiger charge is -2.26. The first-order chi connectivity index (χ1) is 15.1. The minimum Gasteiger partial charge on any atom is -0.463 e. The molecule has 4 rings (SSSR count). The van der Waals surface area contributed by atoms with E-state index in [9.17, 15) is 9.59 Å². The zero-order chi connectivity index (χ0) is 21.8. The number of nitrogens with one attached hydrogen (secondary N) is 2. The number of carbonyl (C=O) groups excluding carboxylic acids is 2. The summed E-state index contributed by atoms with van der Waals surface area (Å²) >= 11 is 2.98. The van der Waals surface area contributed by atoms with Crippen molar-refractivity contribution >= 4 is 35.1 Å². The number of para-hydroxylation sites is 1. The summed E-state index contributed by atoms with van der Waals surface area (Å²) in [5, 5.41) is 16.9. The Labute approximate surface area is 187 Å². The fraction of sp³-hybridized carbons (Fsp3) is 0.238. The van der Waals surface area contributed by atoms with Crippen molar-refractivity contribution in [3.63, 3.8) is 0 Å². The predicted octanol–water partition coefficient (Wildman–Crippen LogP) is 3.61. The highest BCUT2D eigenvalue weighted by molar-refractivity contribution is 7.99. The second-order valence-electron chi connectivity index (χ2n) is 6.68. The average molecular weight is 456 g/mol. The first-order valence-corrected chi connectivity index (χ1v) is 11.6. The molecule has 1 atom stereocenters. The van der Waals surface area contributed by atoms with E-state index in [1.165, 1.54) is 11.8 Å². The summed E-state index contributed by atoms with van der Waals surface area (Å²) in [7, 11) is 0. The van der Waals surface area contributed by atoms with E-state index in [0.29, 0.717) is 22.2 Å².